The molecule has 0 radical (unpaired) electrons. The summed E-state index contributed by atoms with van der Waals surface area (Å²) in [5.74, 6) is 3.56. The molecule has 1 atom stereocenters. The Hall–Kier alpha value is -3.03. The lowest BCUT2D eigenvalue weighted by Crippen LogP contribution is -2.36. The first kappa shape index (κ1) is 19.9. The molecule has 5 heterocycles. The molecular formula is C23H29N7O. The van der Waals surface area contributed by atoms with Crippen LogP contribution in [0.15, 0.2) is 35.4 Å². The lowest BCUT2D eigenvalue weighted by molar-refractivity contribution is 0.424. The number of aryl methyl sites for hydroxylation is 1. The van der Waals surface area contributed by atoms with Gasteiger partial charge in [0.2, 0.25) is 5.95 Å². The van der Waals surface area contributed by atoms with E-state index in [1.807, 2.05) is 25.4 Å². The molecule has 8 heteroatoms. The topological polar surface area (TPSA) is 84.1 Å². The molecule has 3 aromatic rings. The molecule has 2 saturated heterocycles. The van der Waals surface area contributed by atoms with Gasteiger partial charge in [0.25, 0.3) is 0 Å². The Morgan fingerprint density at radius 2 is 1.87 bits per heavy atom. The van der Waals surface area contributed by atoms with Crippen molar-refractivity contribution in [2.24, 2.45) is 5.92 Å². The maximum Gasteiger partial charge on any atom is 0.225 e. The van der Waals surface area contributed by atoms with Crippen LogP contribution in [0.5, 0.6) is 0 Å². The second-order valence-electron chi connectivity index (χ2n) is 8.82. The summed E-state index contributed by atoms with van der Waals surface area (Å²) >= 11 is 0. The van der Waals surface area contributed by atoms with E-state index in [4.69, 9.17) is 14.5 Å². The van der Waals surface area contributed by atoms with Crippen LogP contribution < -0.4 is 9.80 Å². The Morgan fingerprint density at radius 1 is 1.00 bits per heavy atom. The number of rotatable bonds is 4. The Bertz CT molecular complexity index is 1010. The summed E-state index contributed by atoms with van der Waals surface area (Å²) < 4.78 is 5.60. The molecule has 0 aliphatic carbocycles. The highest BCUT2D eigenvalue weighted by Crippen LogP contribution is 2.36. The fourth-order valence-corrected chi connectivity index (χ4v) is 4.74. The summed E-state index contributed by atoms with van der Waals surface area (Å²) in [7, 11) is 0. The Kier molecular flexibility index (Phi) is 5.53. The average molecular weight is 420 g/mol. The van der Waals surface area contributed by atoms with Crippen LogP contribution in [0.3, 0.4) is 0 Å². The zero-order valence-electron chi connectivity index (χ0n) is 18.2. The predicted octanol–water partition coefficient (Wildman–Crippen LogP) is 3.85. The second-order valence-corrected chi connectivity index (χ2v) is 8.82. The maximum atomic E-state index is 5.60. The highest BCUT2D eigenvalue weighted by Gasteiger charge is 2.28. The van der Waals surface area contributed by atoms with Gasteiger partial charge >= 0.3 is 0 Å². The van der Waals surface area contributed by atoms with Crippen molar-refractivity contribution >= 4 is 11.8 Å². The third kappa shape index (κ3) is 4.24. The fraction of sp³-hybridized carbons (Fsp3) is 0.522. The van der Waals surface area contributed by atoms with Crippen molar-refractivity contribution in [3.63, 3.8) is 0 Å². The molecule has 0 N–H and O–H groups in total. The molecule has 162 valence electrons. The normalized spacial score (nSPS) is 20.3. The zero-order chi connectivity index (χ0) is 21.2. The number of hydrogen-bond acceptors (Lipinski definition) is 8. The standard InChI is InChI=1S/C23H29N7O/c1-16-4-3-9-30(15-16)23-26-13-19(20-12-17(2)28-31-20)22(27-23)18-5-10-29(11-6-18)21-14-24-7-8-25-21/h7-8,12-14,16,18H,3-6,9-11,15H2,1-2H3. The van der Waals surface area contributed by atoms with E-state index in [9.17, 15) is 0 Å². The quantitative estimate of drug-likeness (QED) is 0.630. The molecule has 0 saturated carbocycles. The zero-order valence-corrected chi connectivity index (χ0v) is 18.2. The smallest absolute Gasteiger partial charge is 0.225 e. The SMILES string of the molecule is Cc1cc(-c2cnc(N3CCCC(C)C3)nc2C2CCN(c3cnccn3)CC2)on1. The van der Waals surface area contributed by atoms with Crippen LogP contribution in [0.2, 0.25) is 0 Å². The molecular weight excluding hydrogens is 390 g/mol. The molecule has 2 fully saturated rings. The van der Waals surface area contributed by atoms with E-state index in [2.05, 4.69) is 31.8 Å². The molecule has 0 spiro atoms. The van der Waals surface area contributed by atoms with Crippen molar-refractivity contribution in [2.45, 2.75) is 45.4 Å². The van der Waals surface area contributed by atoms with E-state index in [1.165, 1.54) is 12.8 Å². The monoisotopic (exact) mass is 419 g/mol. The van der Waals surface area contributed by atoms with Crippen LogP contribution in [0.4, 0.5) is 11.8 Å². The molecule has 2 aliphatic heterocycles. The van der Waals surface area contributed by atoms with Gasteiger partial charge < -0.3 is 14.3 Å². The molecule has 3 aromatic heterocycles. The van der Waals surface area contributed by atoms with Crippen molar-refractivity contribution in [1.82, 2.24) is 25.1 Å². The van der Waals surface area contributed by atoms with Crippen LogP contribution in [0, 0.1) is 12.8 Å². The minimum atomic E-state index is 0.345. The maximum absolute atomic E-state index is 5.60. The third-order valence-electron chi connectivity index (χ3n) is 6.39. The van der Waals surface area contributed by atoms with Crippen molar-refractivity contribution < 1.29 is 4.52 Å². The first-order valence-corrected chi connectivity index (χ1v) is 11.2. The summed E-state index contributed by atoms with van der Waals surface area (Å²) in [5, 5.41) is 4.09. The number of nitrogens with zero attached hydrogens (tertiary/aromatic N) is 7. The van der Waals surface area contributed by atoms with E-state index in [0.29, 0.717) is 11.8 Å². The van der Waals surface area contributed by atoms with E-state index in [-0.39, 0.29) is 0 Å². The van der Waals surface area contributed by atoms with Crippen LogP contribution in [0.1, 0.15) is 49.9 Å². The van der Waals surface area contributed by atoms with E-state index in [1.54, 1.807) is 12.4 Å². The van der Waals surface area contributed by atoms with Gasteiger partial charge in [-0.25, -0.2) is 15.0 Å². The highest BCUT2D eigenvalue weighted by molar-refractivity contribution is 5.61. The second kappa shape index (κ2) is 8.61. The summed E-state index contributed by atoms with van der Waals surface area (Å²) in [6.07, 6.45) is 11.7. The van der Waals surface area contributed by atoms with Gasteiger partial charge in [-0.3, -0.25) is 4.98 Å². The molecule has 5 rings (SSSR count). The van der Waals surface area contributed by atoms with E-state index < -0.39 is 0 Å². The summed E-state index contributed by atoms with van der Waals surface area (Å²) in [4.78, 5) is 23.2. The van der Waals surface area contributed by atoms with Crippen molar-refractivity contribution in [3.8, 4) is 11.3 Å². The highest BCUT2D eigenvalue weighted by atomic mass is 16.5. The Labute approximate surface area is 182 Å². The van der Waals surface area contributed by atoms with E-state index in [0.717, 1.165) is 73.5 Å². The minimum Gasteiger partial charge on any atom is -0.356 e. The van der Waals surface area contributed by atoms with Gasteiger partial charge in [-0.1, -0.05) is 12.1 Å². The first-order valence-electron chi connectivity index (χ1n) is 11.2. The molecule has 1 unspecified atom stereocenters. The van der Waals surface area contributed by atoms with Gasteiger partial charge in [0.15, 0.2) is 5.76 Å². The molecule has 0 amide bonds. The summed E-state index contributed by atoms with van der Waals surface area (Å²) in [6.45, 7) is 8.15. The minimum absolute atomic E-state index is 0.345. The third-order valence-corrected chi connectivity index (χ3v) is 6.39. The number of anilines is 2. The van der Waals surface area contributed by atoms with Gasteiger partial charge in [-0.15, -0.1) is 0 Å². The van der Waals surface area contributed by atoms with Crippen molar-refractivity contribution in [2.75, 3.05) is 36.0 Å². The number of piperidine rings is 2. The average Bonchev–Trinajstić information content (AvgIpc) is 3.25. The van der Waals surface area contributed by atoms with Crippen LogP contribution in [-0.4, -0.2) is 51.3 Å². The van der Waals surface area contributed by atoms with E-state index >= 15 is 0 Å². The van der Waals surface area contributed by atoms with Gasteiger partial charge in [0.1, 0.15) is 5.82 Å². The van der Waals surface area contributed by atoms with Gasteiger partial charge in [-0.05, 0) is 38.5 Å². The lowest BCUT2D eigenvalue weighted by atomic mass is 9.90. The Balaban J connectivity index is 1.43. The van der Waals surface area contributed by atoms with Crippen molar-refractivity contribution in [3.05, 3.63) is 42.2 Å². The lowest BCUT2D eigenvalue weighted by Gasteiger charge is -2.34. The number of hydrogen-bond donors (Lipinski definition) is 0. The van der Waals surface area contributed by atoms with Gasteiger partial charge in [0, 0.05) is 56.8 Å². The van der Waals surface area contributed by atoms with Crippen LogP contribution >= 0.6 is 0 Å². The summed E-state index contributed by atoms with van der Waals surface area (Å²) in [6, 6.07) is 1.97. The van der Waals surface area contributed by atoms with Crippen LogP contribution in [-0.2, 0) is 0 Å². The molecule has 31 heavy (non-hydrogen) atoms. The predicted molar refractivity (Wildman–Crippen MR) is 119 cm³/mol. The van der Waals surface area contributed by atoms with Gasteiger partial charge in [0.05, 0.1) is 23.1 Å². The Morgan fingerprint density at radius 3 is 2.58 bits per heavy atom. The number of aromatic nitrogens is 5. The molecule has 0 bridgehead atoms. The molecule has 2 aliphatic rings. The first-order chi connectivity index (χ1) is 15.2. The largest absolute Gasteiger partial charge is 0.356 e. The molecule has 8 nitrogen and oxygen atoms in total. The molecule has 0 aromatic carbocycles. The fourth-order valence-electron chi connectivity index (χ4n) is 4.74. The van der Waals surface area contributed by atoms with Crippen molar-refractivity contribution in [1.29, 1.82) is 0 Å². The van der Waals surface area contributed by atoms with Crippen LogP contribution in [0.25, 0.3) is 11.3 Å². The van der Waals surface area contributed by atoms with Gasteiger partial charge in [-0.2, -0.15) is 0 Å². The summed E-state index contributed by atoms with van der Waals surface area (Å²) in [5.41, 5.74) is 2.91.